The number of nitrogens with one attached hydrogen (secondary N) is 2. The maximum absolute atomic E-state index is 15.2. The van der Waals surface area contributed by atoms with Crippen molar-refractivity contribution in [3.8, 4) is 12.3 Å². The molecule has 0 spiro atoms. The molecule has 0 atom stereocenters. The van der Waals surface area contributed by atoms with Crippen molar-refractivity contribution in [3.63, 3.8) is 0 Å². The number of pyridine rings is 1. The third-order valence-corrected chi connectivity index (χ3v) is 5.56. The van der Waals surface area contributed by atoms with Crippen LogP contribution < -0.4 is 16.4 Å². The zero-order valence-electron chi connectivity index (χ0n) is 17.9. The molecular formula is C25H20F4N4O. The van der Waals surface area contributed by atoms with Gasteiger partial charge in [0.15, 0.2) is 23.3 Å². The molecular weight excluding hydrogens is 448 g/mol. The first-order chi connectivity index (χ1) is 16.3. The van der Waals surface area contributed by atoms with Gasteiger partial charge in [0.1, 0.15) is 5.82 Å². The molecule has 34 heavy (non-hydrogen) atoms. The molecule has 3 aromatic rings. The molecule has 1 amide bonds. The minimum absolute atomic E-state index is 0.0387. The molecule has 4 rings (SSSR count). The van der Waals surface area contributed by atoms with Crippen molar-refractivity contribution in [2.45, 2.75) is 25.2 Å². The van der Waals surface area contributed by atoms with Gasteiger partial charge in [-0.25, -0.2) is 22.5 Å². The molecule has 1 fully saturated rings. The van der Waals surface area contributed by atoms with Crippen LogP contribution in [0.1, 0.15) is 45.8 Å². The summed E-state index contributed by atoms with van der Waals surface area (Å²) in [5, 5.41) is 4.88. The predicted octanol–water partition coefficient (Wildman–Crippen LogP) is 4.80. The summed E-state index contributed by atoms with van der Waals surface area (Å²) in [4.78, 5) is 16.3. The number of benzene rings is 2. The first-order valence-corrected chi connectivity index (χ1v) is 10.5. The Balaban J connectivity index is 1.76. The fourth-order valence-corrected chi connectivity index (χ4v) is 3.62. The highest BCUT2D eigenvalue weighted by atomic mass is 19.2. The third-order valence-electron chi connectivity index (χ3n) is 5.56. The van der Waals surface area contributed by atoms with E-state index >= 15 is 8.78 Å². The second-order valence-corrected chi connectivity index (χ2v) is 7.96. The van der Waals surface area contributed by atoms with Crippen LogP contribution in [0.2, 0.25) is 0 Å². The Morgan fingerprint density at radius 2 is 1.85 bits per heavy atom. The maximum Gasteiger partial charge on any atom is 0.254 e. The van der Waals surface area contributed by atoms with Crippen molar-refractivity contribution in [3.05, 3.63) is 82.1 Å². The number of amides is 1. The maximum atomic E-state index is 15.2. The van der Waals surface area contributed by atoms with Crippen LogP contribution in [0.4, 0.5) is 34.8 Å². The van der Waals surface area contributed by atoms with E-state index in [0.717, 1.165) is 24.5 Å². The summed E-state index contributed by atoms with van der Waals surface area (Å²) < 4.78 is 59.2. The lowest BCUT2D eigenvalue weighted by Gasteiger charge is -2.17. The number of rotatable bonds is 7. The predicted molar refractivity (Wildman–Crippen MR) is 121 cm³/mol. The van der Waals surface area contributed by atoms with Crippen LogP contribution in [0.15, 0.2) is 36.5 Å². The Morgan fingerprint density at radius 3 is 2.53 bits per heavy atom. The molecule has 1 aromatic heterocycles. The zero-order chi connectivity index (χ0) is 24.4. The summed E-state index contributed by atoms with van der Waals surface area (Å²) in [5.74, 6) is -2.98. The van der Waals surface area contributed by atoms with Crippen molar-refractivity contribution in [2.75, 3.05) is 17.6 Å². The molecule has 0 radical (unpaired) electrons. The van der Waals surface area contributed by atoms with Crippen LogP contribution in [0.5, 0.6) is 0 Å². The lowest BCUT2D eigenvalue weighted by atomic mass is 9.99. The van der Waals surface area contributed by atoms with E-state index in [2.05, 4.69) is 21.5 Å². The second-order valence-electron chi connectivity index (χ2n) is 7.96. The number of nitrogens with two attached hydrogens (primary N) is 1. The minimum Gasteiger partial charge on any atom is -0.381 e. The van der Waals surface area contributed by atoms with Crippen LogP contribution in [-0.2, 0) is 6.42 Å². The quantitative estimate of drug-likeness (QED) is 0.344. The lowest BCUT2D eigenvalue weighted by Crippen LogP contribution is -2.25. The van der Waals surface area contributed by atoms with Crippen LogP contribution in [-0.4, -0.2) is 17.4 Å². The zero-order valence-corrected chi connectivity index (χ0v) is 17.9. The average molecular weight is 468 g/mol. The molecule has 0 bridgehead atoms. The average Bonchev–Trinajstić information content (AvgIpc) is 3.66. The van der Waals surface area contributed by atoms with Gasteiger partial charge in [0.05, 0.1) is 23.5 Å². The molecule has 174 valence electrons. The van der Waals surface area contributed by atoms with Crippen LogP contribution in [0.25, 0.3) is 0 Å². The van der Waals surface area contributed by atoms with Gasteiger partial charge in [0.2, 0.25) is 0 Å². The molecule has 1 aliphatic rings. The van der Waals surface area contributed by atoms with E-state index in [4.69, 9.17) is 12.2 Å². The number of aromatic nitrogens is 1. The highest BCUT2D eigenvalue weighted by Crippen LogP contribution is 2.41. The van der Waals surface area contributed by atoms with Gasteiger partial charge in [0.25, 0.3) is 5.91 Å². The number of nitrogens with zero attached hydrogens (tertiary/aromatic N) is 1. The number of nitrogen functional groups attached to an aromatic ring is 1. The van der Waals surface area contributed by atoms with E-state index in [-0.39, 0.29) is 28.9 Å². The van der Waals surface area contributed by atoms with E-state index in [1.54, 1.807) is 6.07 Å². The van der Waals surface area contributed by atoms with Crippen LogP contribution in [0.3, 0.4) is 0 Å². The van der Waals surface area contributed by atoms with E-state index in [0.29, 0.717) is 5.92 Å². The minimum atomic E-state index is -1.42. The smallest absolute Gasteiger partial charge is 0.254 e. The monoisotopic (exact) mass is 468 g/mol. The SMILES string of the molecule is C#CCNC(=O)c1cc(Cc2ccnc(N)c2F)c(F)c(F)c1Nc1ccc(C2CC2)cc1F. The van der Waals surface area contributed by atoms with Gasteiger partial charge in [-0.3, -0.25) is 4.79 Å². The Morgan fingerprint density at radius 1 is 1.09 bits per heavy atom. The first-order valence-electron chi connectivity index (χ1n) is 10.5. The van der Waals surface area contributed by atoms with Crippen LogP contribution in [0, 0.1) is 35.6 Å². The molecule has 5 nitrogen and oxygen atoms in total. The van der Waals surface area contributed by atoms with E-state index in [9.17, 15) is 13.6 Å². The highest BCUT2D eigenvalue weighted by Gasteiger charge is 2.26. The third kappa shape index (κ3) is 4.66. The number of halogens is 4. The van der Waals surface area contributed by atoms with Crippen molar-refractivity contribution in [1.29, 1.82) is 0 Å². The number of hydrogen-bond acceptors (Lipinski definition) is 4. The Bertz CT molecular complexity index is 1320. The Kier molecular flexibility index (Phi) is 6.41. The van der Waals surface area contributed by atoms with Crippen molar-refractivity contribution in [1.82, 2.24) is 10.3 Å². The summed E-state index contributed by atoms with van der Waals surface area (Å²) in [5.41, 5.74) is 4.91. The number of anilines is 3. The molecule has 9 heteroatoms. The molecule has 4 N–H and O–H groups in total. The van der Waals surface area contributed by atoms with Gasteiger partial charge in [-0.2, -0.15) is 0 Å². The van der Waals surface area contributed by atoms with Gasteiger partial charge in [0, 0.05) is 12.6 Å². The normalized spacial score (nSPS) is 12.8. The summed E-state index contributed by atoms with van der Waals surface area (Å²) in [6.45, 7) is -0.174. The summed E-state index contributed by atoms with van der Waals surface area (Å²) in [6.07, 6.45) is 7.94. The van der Waals surface area contributed by atoms with E-state index < -0.39 is 47.1 Å². The second kappa shape index (κ2) is 9.43. The van der Waals surface area contributed by atoms with Crippen LogP contribution >= 0.6 is 0 Å². The molecule has 1 heterocycles. The van der Waals surface area contributed by atoms with E-state index in [1.807, 2.05) is 0 Å². The number of hydrogen-bond donors (Lipinski definition) is 3. The standard InChI is InChI=1S/C25H20F4N4O/c1-2-8-32-25(34)17-11-16(10-15-7-9-31-24(30)21(15)28)20(27)22(29)23(17)33-19-6-5-14(12-18(19)26)13-3-4-13/h1,5-7,9,11-13,33H,3-4,8,10H2,(H2,30,31)(H,32,34). The summed E-state index contributed by atoms with van der Waals surface area (Å²) in [6, 6.07) is 6.77. The molecule has 0 saturated heterocycles. The molecule has 0 aliphatic heterocycles. The molecule has 0 unspecified atom stereocenters. The largest absolute Gasteiger partial charge is 0.381 e. The van der Waals surface area contributed by atoms with Crippen molar-refractivity contribution < 1.29 is 22.4 Å². The van der Waals surface area contributed by atoms with Crippen molar-refractivity contribution >= 4 is 23.1 Å². The van der Waals surface area contributed by atoms with Gasteiger partial charge in [-0.15, -0.1) is 6.42 Å². The lowest BCUT2D eigenvalue weighted by molar-refractivity contribution is 0.0959. The van der Waals surface area contributed by atoms with Gasteiger partial charge >= 0.3 is 0 Å². The summed E-state index contributed by atoms with van der Waals surface area (Å²) >= 11 is 0. The molecule has 1 aliphatic carbocycles. The Hall–Kier alpha value is -4.06. The fourth-order valence-electron chi connectivity index (χ4n) is 3.62. The first kappa shape index (κ1) is 23.1. The fraction of sp³-hybridized carbons (Fsp3) is 0.200. The van der Waals surface area contributed by atoms with E-state index in [1.165, 1.54) is 24.4 Å². The molecule has 2 aromatic carbocycles. The summed E-state index contributed by atoms with van der Waals surface area (Å²) in [7, 11) is 0. The van der Waals surface area contributed by atoms with Crippen molar-refractivity contribution in [2.24, 2.45) is 0 Å². The number of carbonyl (C=O) groups is 1. The number of terminal acetylenes is 1. The van der Waals surface area contributed by atoms with Gasteiger partial charge < -0.3 is 16.4 Å². The number of carbonyl (C=O) groups excluding carboxylic acids is 1. The molecule has 1 saturated carbocycles. The highest BCUT2D eigenvalue weighted by molar-refractivity contribution is 6.01. The van der Waals surface area contributed by atoms with Gasteiger partial charge in [-0.1, -0.05) is 12.0 Å². The topological polar surface area (TPSA) is 80.0 Å². The van der Waals surface area contributed by atoms with Gasteiger partial charge in [-0.05, 0) is 59.7 Å². The Labute approximate surface area is 193 Å².